The van der Waals surface area contributed by atoms with E-state index in [0.29, 0.717) is 10.7 Å². The molecule has 0 fully saturated rings. The van der Waals surface area contributed by atoms with Gasteiger partial charge >= 0.3 is 0 Å². The van der Waals surface area contributed by atoms with Crippen molar-refractivity contribution >= 4 is 40.5 Å². The van der Waals surface area contributed by atoms with E-state index in [2.05, 4.69) is 10.3 Å². The number of nitrogens with one attached hydrogen (secondary N) is 1. The van der Waals surface area contributed by atoms with Gasteiger partial charge in [-0.15, -0.1) is 0 Å². The van der Waals surface area contributed by atoms with Crippen molar-refractivity contribution in [1.29, 1.82) is 0 Å². The van der Waals surface area contributed by atoms with Gasteiger partial charge in [0.25, 0.3) is 11.6 Å². The molecular weight excluding hydrogens is 317 g/mol. The third-order valence-corrected chi connectivity index (χ3v) is 3.36. The summed E-state index contributed by atoms with van der Waals surface area (Å²) < 4.78 is 0. The maximum absolute atomic E-state index is 12.2. The van der Waals surface area contributed by atoms with Crippen LogP contribution in [0.2, 0.25) is 10.2 Å². The normalized spacial score (nSPS) is 10.2. The Morgan fingerprint density at radius 2 is 2.10 bits per heavy atom. The Kier molecular flexibility index (Phi) is 4.40. The maximum atomic E-state index is 12.2. The van der Waals surface area contributed by atoms with Gasteiger partial charge in [-0.1, -0.05) is 35.3 Å². The van der Waals surface area contributed by atoms with Gasteiger partial charge in [-0.05, 0) is 18.6 Å². The standard InChI is InChI=1S/C13H9Cl2N3O3/c1-7-3-2-4-10(14)11(7)17-13(19)9-5-8(18(20)21)6-16-12(9)15/h2-6H,1H3,(H,17,19). The lowest BCUT2D eigenvalue weighted by atomic mass is 10.2. The van der Waals surface area contributed by atoms with Crippen molar-refractivity contribution in [3.05, 3.63) is 61.9 Å². The van der Waals surface area contributed by atoms with Gasteiger partial charge in [0.2, 0.25) is 0 Å². The first kappa shape index (κ1) is 15.2. The molecule has 0 radical (unpaired) electrons. The number of amides is 1. The Hall–Kier alpha value is -2.18. The van der Waals surface area contributed by atoms with Crippen molar-refractivity contribution in [3.8, 4) is 0 Å². The summed E-state index contributed by atoms with van der Waals surface area (Å²) in [6.07, 6.45) is 0.986. The highest BCUT2D eigenvalue weighted by Crippen LogP contribution is 2.27. The molecule has 1 amide bonds. The summed E-state index contributed by atoms with van der Waals surface area (Å²) in [4.78, 5) is 25.9. The van der Waals surface area contributed by atoms with Crippen LogP contribution in [0, 0.1) is 17.0 Å². The number of nitro groups is 1. The lowest BCUT2D eigenvalue weighted by Gasteiger charge is -2.10. The first-order valence-corrected chi connectivity index (χ1v) is 6.52. The number of nitrogens with zero attached hydrogens (tertiary/aromatic N) is 2. The number of halogens is 2. The second-order valence-electron chi connectivity index (χ2n) is 4.17. The van der Waals surface area contributed by atoms with Crippen molar-refractivity contribution in [2.45, 2.75) is 6.92 Å². The van der Waals surface area contributed by atoms with Crippen LogP contribution in [-0.4, -0.2) is 15.8 Å². The molecule has 0 aliphatic heterocycles. The molecular formula is C13H9Cl2N3O3. The van der Waals surface area contributed by atoms with Crippen LogP contribution in [0.25, 0.3) is 0 Å². The van der Waals surface area contributed by atoms with E-state index in [-0.39, 0.29) is 16.4 Å². The number of anilines is 1. The zero-order chi connectivity index (χ0) is 15.6. The summed E-state index contributed by atoms with van der Waals surface area (Å²) in [7, 11) is 0. The summed E-state index contributed by atoms with van der Waals surface area (Å²) >= 11 is 11.8. The number of para-hydroxylation sites is 1. The molecule has 0 saturated heterocycles. The first-order valence-electron chi connectivity index (χ1n) is 5.76. The number of aromatic nitrogens is 1. The zero-order valence-electron chi connectivity index (χ0n) is 10.8. The Balaban J connectivity index is 2.37. The molecule has 0 bridgehead atoms. The predicted octanol–water partition coefficient (Wildman–Crippen LogP) is 3.86. The van der Waals surface area contributed by atoms with Crippen LogP contribution >= 0.6 is 23.2 Å². The molecule has 0 aliphatic carbocycles. The third-order valence-electron chi connectivity index (χ3n) is 2.74. The number of carbonyl (C=O) groups is 1. The van der Waals surface area contributed by atoms with E-state index in [4.69, 9.17) is 23.2 Å². The Morgan fingerprint density at radius 1 is 1.38 bits per heavy atom. The van der Waals surface area contributed by atoms with Crippen LogP contribution in [0.15, 0.2) is 30.5 Å². The second kappa shape index (κ2) is 6.07. The highest BCUT2D eigenvalue weighted by atomic mass is 35.5. The van der Waals surface area contributed by atoms with Gasteiger partial charge in [-0.2, -0.15) is 0 Å². The van der Waals surface area contributed by atoms with E-state index in [0.717, 1.165) is 17.8 Å². The molecule has 2 rings (SSSR count). The highest BCUT2D eigenvalue weighted by Gasteiger charge is 2.18. The number of pyridine rings is 1. The summed E-state index contributed by atoms with van der Waals surface area (Å²) in [6.45, 7) is 1.77. The average Bonchev–Trinajstić information content (AvgIpc) is 2.43. The third kappa shape index (κ3) is 3.29. The van der Waals surface area contributed by atoms with E-state index in [9.17, 15) is 14.9 Å². The molecule has 8 heteroatoms. The molecule has 108 valence electrons. The summed E-state index contributed by atoms with van der Waals surface area (Å²) in [5.74, 6) is -0.618. The van der Waals surface area contributed by atoms with Crippen LogP contribution in [0.3, 0.4) is 0 Å². The molecule has 21 heavy (non-hydrogen) atoms. The first-order chi connectivity index (χ1) is 9.90. The molecule has 0 atom stereocenters. The van der Waals surface area contributed by atoms with E-state index in [1.54, 1.807) is 25.1 Å². The van der Waals surface area contributed by atoms with E-state index in [1.807, 2.05) is 0 Å². The lowest BCUT2D eigenvalue weighted by molar-refractivity contribution is -0.385. The Labute approximate surface area is 129 Å². The van der Waals surface area contributed by atoms with Crippen molar-refractivity contribution in [2.24, 2.45) is 0 Å². The average molecular weight is 326 g/mol. The molecule has 6 nitrogen and oxygen atoms in total. The molecule has 1 N–H and O–H groups in total. The lowest BCUT2D eigenvalue weighted by Crippen LogP contribution is -2.14. The van der Waals surface area contributed by atoms with Gasteiger partial charge in [0.05, 0.1) is 21.2 Å². The quantitative estimate of drug-likeness (QED) is 0.527. The van der Waals surface area contributed by atoms with Crippen LogP contribution in [0.5, 0.6) is 0 Å². The zero-order valence-corrected chi connectivity index (χ0v) is 12.3. The monoisotopic (exact) mass is 325 g/mol. The van der Waals surface area contributed by atoms with Crippen molar-refractivity contribution in [1.82, 2.24) is 4.98 Å². The molecule has 1 heterocycles. The largest absolute Gasteiger partial charge is 0.320 e. The fourth-order valence-corrected chi connectivity index (χ4v) is 2.13. The number of carbonyl (C=O) groups excluding carboxylic acids is 1. The van der Waals surface area contributed by atoms with Gasteiger partial charge in [-0.3, -0.25) is 14.9 Å². The summed E-state index contributed by atoms with van der Waals surface area (Å²) in [6, 6.07) is 6.21. The molecule has 0 spiro atoms. The Bertz CT molecular complexity index is 714. The van der Waals surface area contributed by atoms with Gasteiger partial charge in [0.1, 0.15) is 11.3 Å². The predicted molar refractivity (Wildman–Crippen MR) is 80.0 cm³/mol. The van der Waals surface area contributed by atoms with Gasteiger partial charge < -0.3 is 5.32 Å². The number of aryl methyl sites for hydroxylation is 1. The van der Waals surface area contributed by atoms with Crippen LogP contribution < -0.4 is 5.32 Å². The van der Waals surface area contributed by atoms with Crippen molar-refractivity contribution < 1.29 is 9.72 Å². The smallest absolute Gasteiger partial charge is 0.288 e. The number of hydrogen-bond acceptors (Lipinski definition) is 4. The van der Waals surface area contributed by atoms with Gasteiger partial charge in [0.15, 0.2) is 0 Å². The van der Waals surface area contributed by atoms with E-state index in [1.165, 1.54) is 0 Å². The maximum Gasteiger partial charge on any atom is 0.288 e. The number of benzene rings is 1. The molecule has 0 unspecified atom stereocenters. The fraction of sp³-hybridized carbons (Fsp3) is 0.0769. The molecule has 1 aromatic heterocycles. The summed E-state index contributed by atoms with van der Waals surface area (Å²) in [5.41, 5.74) is 0.766. The van der Waals surface area contributed by atoms with E-state index < -0.39 is 10.8 Å². The second-order valence-corrected chi connectivity index (χ2v) is 4.94. The van der Waals surface area contributed by atoms with Crippen LogP contribution in [0.4, 0.5) is 11.4 Å². The molecule has 1 aromatic carbocycles. The van der Waals surface area contributed by atoms with E-state index >= 15 is 0 Å². The topological polar surface area (TPSA) is 85.1 Å². The molecule has 2 aromatic rings. The highest BCUT2D eigenvalue weighted by molar-refractivity contribution is 6.35. The minimum absolute atomic E-state index is 0.0924. The minimum Gasteiger partial charge on any atom is -0.320 e. The van der Waals surface area contributed by atoms with Crippen LogP contribution in [-0.2, 0) is 0 Å². The Morgan fingerprint density at radius 3 is 2.71 bits per heavy atom. The number of hydrogen-bond donors (Lipinski definition) is 1. The van der Waals surface area contributed by atoms with Gasteiger partial charge in [0, 0.05) is 6.07 Å². The van der Waals surface area contributed by atoms with Crippen LogP contribution in [0.1, 0.15) is 15.9 Å². The fourth-order valence-electron chi connectivity index (χ4n) is 1.67. The number of rotatable bonds is 3. The van der Waals surface area contributed by atoms with Crippen molar-refractivity contribution in [3.63, 3.8) is 0 Å². The van der Waals surface area contributed by atoms with Crippen molar-refractivity contribution in [2.75, 3.05) is 5.32 Å². The summed E-state index contributed by atoms with van der Waals surface area (Å²) in [5, 5.41) is 13.5. The minimum atomic E-state index is -0.652. The van der Waals surface area contributed by atoms with Gasteiger partial charge in [-0.25, -0.2) is 4.98 Å². The molecule has 0 saturated carbocycles. The molecule has 0 aliphatic rings. The SMILES string of the molecule is Cc1cccc(Cl)c1NC(=O)c1cc([N+](=O)[O-])cnc1Cl.